The molecule has 0 saturated heterocycles. The molecule has 0 aromatic rings. The summed E-state index contributed by atoms with van der Waals surface area (Å²) in [6.07, 6.45) is -2.05. The topological polar surface area (TPSA) is 133 Å². The molecule has 0 aromatic heterocycles. The van der Waals surface area contributed by atoms with Crippen LogP contribution in [0.15, 0.2) is 0 Å². The Balaban J connectivity index is 0. The van der Waals surface area contributed by atoms with E-state index in [1.807, 2.05) is 0 Å². The molecule has 1 amide bonds. The van der Waals surface area contributed by atoms with Crippen molar-refractivity contribution in [1.29, 1.82) is 0 Å². The van der Waals surface area contributed by atoms with Crippen LogP contribution >= 0.6 is 0 Å². The number of ether oxygens (including phenoxy) is 1. The van der Waals surface area contributed by atoms with Crippen LogP contribution < -0.4 is 5.73 Å². The van der Waals surface area contributed by atoms with E-state index >= 15 is 0 Å². The molecule has 0 aromatic carbocycles. The number of aliphatic hydroxyl groups excluding tert-OH is 4. The molecule has 0 radical (unpaired) electrons. The normalized spacial score (nSPS) is 13.8. The molecule has 0 saturated carbocycles. The van der Waals surface area contributed by atoms with Gasteiger partial charge in [-0.15, -0.1) is 0 Å². The highest BCUT2D eigenvalue weighted by Gasteiger charge is 2.17. The van der Waals surface area contributed by atoms with Gasteiger partial charge >= 0.3 is 0 Å². The maximum atomic E-state index is 9.22. The van der Waals surface area contributed by atoms with E-state index in [0.29, 0.717) is 0 Å². The summed E-state index contributed by atoms with van der Waals surface area (Å²) in [7, 11) is 0. The second kappa shape index (κ2) is 10.4. The van der Waals surface area contributed by atoms with Gasteiger partial charge in [0.2, 0.25) is 5.91 Å². The lowest BCUT2D eigenvalue weighted by Gasteiger charge is -2.17. The molecule has 0 spiro atoms. The second-order valence-corrected chi connectivity index (χ2v) is 2.38. The molecule has 14 heavy (non-hydrogen) atoms. The van der Waals surface area contributed by atoms with E-state index in [-0.39, 0.29) is 5.91 Å². The molecule has 0 aliphatic rings. The third-order valence-corrected chi connectivity index (χ3v) is 1.08. The van der Waals surface area contributed by atoms with Crippen LogP contribution in [0, 0.1) is 0 Å². The fourth-order valence-electron chi connectivity index (χ4n) is 0.499. The van der Waals surface area contributed by atoms with Gasteiger partial charge in [0.15, 0.2) is 0 Å². The zero-order valence-electron chi connectivity index (χ0n) is 7.96. The first kappa shape index (κ1) is 15.7. The predicted octanol–water partition coefficient (Wildman–Crippen LogP) is -2.84. The van der Waals surface area contributed by atoms with Gasteiger partial charge in [-0.2, -0.15) is 0 Å². The van der Waals surface area contributed by atoms with Crippen LogP contribution in [0.1, 0.15) is 6.92 Å². The zero-order chi connectivity index (χ0) is 11.6. The number of aliphatic hydroxyl groups is 4. The fraction of sp³-hybridized carbons (Fsp3) is 0.857. The van der Waals surface area contributed by atoms with E-state index < -0.39 is 32.2 Å². The number of hydrogen-bond acceptors (Lipinski definition) is 6. The maximum Gasteiger partial charge on any atom is 0.214 e. The smallest absolute Gasteiger partial charge is 0.214 e. The summed E-state index contributed by atoms with van der Waals surface area (Å²) in [6.45, 7) is -0.199. The van der Waals surface area contributed by atoms with Crippen LogP contribution in [0.25, 0.3) is 0 Å². The largest absolute Gasteiger partial charge is 0.394 e. The predicted molar refractivity (Wildman–Crippen MR) is 47.0 cm³/mol. The first-order chi connectivity index (χ1) is 6.49. The van der Waals surface area contributed by atoms with E-state index in [1.165, 1.54) is 6.92 Å². The summed E-state index contributed by atoms with van der Waals surface area (Å²) in [4.78, 5) is 9.22. The highest BCUT2D eigenvalue weighted by Crippen LogP contribution is 1.96. The van der Waals surface area contributed by atoms with Crippen molar-refractivity contribution in [2.45, 2.75) is 19.1 Å². The standard InChI is InChI=1S/C5H12O5.C2H5NO/c6-1-4(9)5(2-7)10-3-8;1-2(3)4/h4-9H,1-3H2;1H3,(H2,3,4)/t4-,5+;/m0./s1. The van der Waals surface area contributed by atoms with Crippen LogP contribution in [0.2, 0.25) is 0 Å². The Morgan fingerprint density at radius 3 is 2.00 bits per heavy atom. The van der Waals surface area contributed by atoms with Crippen molar-refractivity contribution in [2.24, 2.45) is 5.73 Å². The lowest BCUT2D eigenvalue weighted by molar-refractivity contribution is -0.124. The second-order valence-electron chi connectivity index (χ2n) is 2.38. The molecule has 86 valence electrons. The van der Waals surface area contributed by atoms with Crippen LogP contribution in [0.3, 0.4) is 0 Å². The summed E-state index contributed by atoms with van der Waals surface area (Å²) < 4.78 is 4.44. The van der Waals surface area contributed by atoms with Crippen molar-refractivity contribution in [2.75, 3.05) is 20.0 Å². The molecule has 0 fully saturated rings. The monoisotopic (exact) mass is 211 g/mol. The number of primary amides is 1. The average Bonchev–Trinajstić information content (AvgIpc) is 2.12. The van der Waals surface area contributed by atoms with E-state index in [9.17, 15) is 4.79 Å². The number of carbonyl (C=O) groups is 1. The molecule has 6 N–H and O–H groups in total. The summed E-state index contributed by atoms with van der Waals surface area (Å²) in [6, 6.07) is 0. The molecular weight excluding hydrogens is 194 g/mol. The van der Waals surface area contributed by atoms with Crippen LogP contribution in [-0.2, 0) is 9.53 Å². The van der Waals surface area contributed by atoms with Crippen molar-refractivity contribution < 1.29 is 30.0 Å². The molecule has 0 aliphatic carbocycles. The molecule has 0 rings (SSSR count). The van der Waals surface area contributed by atoms with Crippen LogP contribution in [0.5, 0.6) is 0 Å². The molecular formula is C7H17NO6. The van der Waals surface area contributed by atoms with Gasteiger partial charge < -0.3 is 30.9 Å². The van der Waals surface area contributed by atoms with Gasteiger partial charge in [-0.3, -0.25) is 4.79 Å². The minimum atomic E-state index is -1.14. The molecule has 7 heteroatoms. The Morgan fingerprint density at radius 2 is 1.79 bits per heavy atom. The molecule has 7 nitrogen and oxygen atoms in total. The Hall–Kier alpha value is -0.730. The average molecular weight is 211 g/mol. The number of amides is 1. The summed E-state index contributed by atoms with van der Waals surface area (Å²) >= 11 is 0. The Kier molecular flexibility index (Phi) is 11.6. The zero-order valence-corrected chi connectivity index (χ0v) is 7.96. The van der Waals surface area contributed by atoms with Crippen LogP contribution in [-0.4, -0.2) is 58.5 Å². The minimum Gasteiger partial charge on any atom is -0.394 e. The molecule has 0 aliphatic heterocycles. The van der Waals surface area contributed by atoms with Gasteiger partial charge in [-0.25, -0.2) is 0 Å². The van der Waals surface area contributed by atoms with Crippen LogP contribution in [0.4, 0.5) is 0 Å². The van der Waals surface area contributed by atoms with Gasteiger partial charge in [0, 0.05) is 6.92 Å². The summed E-state index contributed by atoms with van der Waals surface area (Å²) in [5.41, 5.74) is 4.47. The SMILES string of the molecule is CC(N)=O.OCO[C@H](CO)[C@@H](O)CO. The first-order valence-corrected chi connectivity index (χ1v) is 3.87. The number of rotatable bonds is 5. The number of nitrogens with two attached hydrogens (primary N) is 1. The van der Waals surface area contributed by atoms with Gasteiger partial charge in [0.05, 0.1) is 13.2 Å². The van der Waals surface area contributed by atoms with Crippen molar-refractivity contribution in [1.82, 2.24) is 0 Å². The van der Waals surface area contributed by atoms with Crippen molar-refractivity contribution in [3.8, 4) is 0 Å². The lowest BCUT2D eigenvalue weighted by atomic mass is 10.2. The van der Waals surface area contributed by atoms with E-state index in [0.717, 1.165) is 0 Å². The lowest BCUT2D eigenvalue weighted by Crippen LogP contribution is -2.35. The Labute approximate surface area is 81.7 Å². The summed E-state index contributed by atoms with van der Waals surface area (Å²) in [5.74, 6) is -0.333. The third kappa shape index (κ3) is 11.3. The Morgan fingerprint density at radius 1 is 1.36 bits per heavy atom. The fourth-order valence-corrected chi connectivity index (χ4v) is 0.499. The Bertz CT molecular complexity index is 138. The van der Waals surface area contributed by atoms with Crippen molar-refractivity contribution in [3.63, 3.8) is 0 Å². The van der Waals surface area contributed by atoms with Gasteiger partial charge in [-0.1, -0.05) is 0 Å². The van der Waals surface area contributed by atoms with Gasteiger partial charge in [-0.05, 0) is 0 Å². The number of carbonyl (C=O) groups excluding carboxylic acids is 1. The van der Waals surface area contributed by atoms with Crippen molar-refractivity contribution >= 4 is 5.91 Å². The van der Waals surface area contributed by atoms with E-state index in [4.69, 9.17) is 20.4 Å². The first-order valence-electron chi connectivity index (χ1n) is 3.87. The summed E-state index contributed by atoms with van der Waals surface area (Å²) in [5, 5.41) is 33.8. The highest BCUT2D eigenvalue weighted by molar-refractivity contribution is 5.70. The molecule has 0 bridgehead atoms. The number of hydrogen-bond donors (Lipinski definition) is 5. The van der Waals surface area contributed by atoms with Gasteiger partial charge in [0.1, 0.15) is 19.0 Å². The van der Waals surface area contributed by atoms with Gasteiger partial charge in [0.25, 0.3) is 0 Å². The van der Waals surface area contributed by atoms with E-state index in [2.05, 4.69) is 10.5 Å². The third-order valence-electron chi connectivity index (χ3n) is 1.08. The quantitative estimate of drug-likeness (QED) is 0.311. The van der Waals surface area contributed by atoms with Crippen molar-refractivity contribution in [3.05, 3.63) is 0 Å². The maximum absolute atomic E-state index is 9.22. The van der Waals surface area contributed by atoms with E-state index in [1.54, 1.807) is 0 Å². The highest BCUT2D eigenvalue weighted by atomic mass is 16.6. The molecule has 2 atom stereocenters. The molecule has 0 unspecified atom stereocenters. The minimum absolute atomic E-state index is 0.333. The molecule has 0 heterocycles.